The van der Waals surface area contributed by atoms with Gasteiger partial charge in [-0.15, -0.1) is 11.3 Å². The molecule has 1 aromatic rings. The minimum absolute atomic E-state index is 0.468. The van der Waals surface area contributed by atoms with Crippen molar-refractivity contribution in [1.29, 1.82) is 0 Å². The lowest BCUT2D eigenvalue weighted by molar-refractivity contribution is -0.119. The first-order chi connectivity index (χ1) is 9.42. The molecular formula is C13H18F3N3S. The lowest BCUT2D eigenvalue weighted by atomic mass is 10.2. The smallest absolute Gasteiger partial charge is 0.342 e. The van der Waals surface area contributed by atoms with Crippen LogP contribution in [0.25, 0.3) is 0 Å². The Kier molecular flexibility index (Phi) is 3.66. The summed E-state index contributed by atoms with van der Waals surface area (Å²) < 4.78 is 37.4. The highest BCUT2D eigenvalue weighted by Crippen LogP contribution is 2.44. The molecule has 3 rings (SSSR count). The Bertz CT molecular complexity index is 478. The van der Waals surface area contributed by atoms with Crippen molar-refractivity contribution in [3.63, 3.8) is 0 Å². The van der Waals surface area contributed by atoms with Gasteiger partial charge in [0, 0.05) is 30.4 Å². The summed E-state index contributed by atoms with van der Waals surface area (Å²) in [4.78, 5) is 6.78. The molecule has 0 radical (unpaired) electrons. The van der Waals surface area contributed by atoms with Crippen LogP contribution >= 0.6 is 11.3 Å². The molecule has 0 atom stereocenters. The van der Waals surface area contributed by atoms with Gasteiger partial charge in [0.05, 0.1) is 5.69 Å². The third kappa shape index (κ3) is 3.63. The second kappa shape index (κ2) is 5.18. The second-order valence-electron chi connectivity index (χ2n) is 5.71. The van der Waals surface area contributed by atoms with Gasteiger partial charge in [-0.3, -0.25) is 0 Å². The van der Waals surface area contributed by atoms with Crippen LogP contribution in [0, 0.1) is 0 Å². The molecule has 1 heterocycles. The van der Waals surface area contributed by atoms with E-state index in [0.29, 0.717) is 17.1 Å². The predicted octanol–water partition coefficient (Wildman–Crippen LogP) is 3.27. The summed E-state index contributed by atoms with van der Waals surface area (Å²) >= 11 is 1.40. The molecule has 7 heteroatoms. The van der Waals surface area contributed by atoms with Gasteiger partial charge in [-0.2, -0.15) is 13.2 Å². The number of alkyl halides is 3. The number of hydrogen-bond donors (Lipinski definition) is 1. The van der Waals surface area contributed by atoms with Crippen LogP contribution in [0.5, 0.6) is 0 Å². The standard InChI is InChI=1S/C13H18F3N3S/c1-19(7-13(14,15)16)12-18-11(8-2-3-8)10(20-12)6-17-9-4-5-9/h8-9,17H,2-7H2,1H3. The first kappa shape index (κ1) is 14.1. The third-order valence-corrected chi connectivity index (χ3v) is 4.74. The molecule has 0 saturated heterocycles. The molecule has 0 bridgehead atoms. The summed E-state index contributed by atoms with van der Waals surface area (Å²) in [5.41, 5.74) is 1.02. The van der Waals surface area contributed by atoms with E-state index in [0.717, 1.165) is 30.0 Å². The van der Waals surface area contributed by atoms with E-state index >= 15 is 0 Å². The molecule has 112 valence electrons. The molecule has 3 nitrogen and oxygen atoms in total. The van der Waals surface area contributed by atoms with E-state index in [9.17, 15) is 13.2 Å². The van der Waals surface area contributed by atoms with Crippen LogP contribution in [-0.2, 0) is 6.54 Å². The van der Waals surface area contributed by atoms with Gasteiger partial charge in [0.15, 0.2) is 5.13 Å². The first-order valence-corrected chi connectivity index (χ1v) is 7.75. The average molecular weight is 305 g/mol. The maximum Gasteiger partial charge on any atom is 0.405 e. The summed E-state index contributed by atoms with van der Waals surface area (Å²) in [6.07, 6.45) is 0.453. The van der Waals surface area contributed by atoms with E-state index < -0.39 is 12.7 Å². The monoisotopic (exact) mass is 305 g/mol. The van der Waals surface area contributed by atoms with Crippen molar-refractivity contribution in [2.45, 2.75) is 50.4 Å². The molecule has 1 aromatic heterocycles. The Labute approximate surface area is 120 Å². The van der Waals surface area contributed by atoms with Crippen molar-refractivity contribution in [2.75, 3.05) is 18.5 Å². The van der Waals surface area contributed by atoms with Gasteiger partial charge in [0.2, 0.25) is 0 Å². The molecule has 0 aliphatic heterocycles. The van der Waals surface area contributed by atoms with Gasteiger partial charge in [-0.05, 0) is 25.7 Å². The molecule has 2 fully saturated rings. The zero-order valence-corrected chi connectivity index (χ0v) is 12.2. The van der Waals surface area contributed by atoms with Gasteiger partial charge in [0.25, 0.3) is 0 Å². The van der Waals surface area contributed by atoms with Gasteiger partial charge in [-0.1, -0.05) is 0 Å². The minimum atomic E-state index is -4.19. The molecule has 2 aliphatic carbocycles. The fraction of sp³-hybridized carbons (Fsp3) is 0.769. The summed E-state index contributed by atoms with van der Waals surface area (Å²) in [7, 11) is 1.46. The first-order valence-electron chi connectivity index (χ1n) is 6.93. The summed E-state index contributed by atoms with van der Waals surface area (Å²) in [5.74, 6) is 0.468. The number of rotatable bonds is 6. The highest BCUT2D eigenvalue weighted by Gasteiger charge is 2.34. The van der Waals surface area contributed by atoms with Crippen molar-refractivity contribution in [1.82, 2.24) is 10.3 Å². The molecule has 0 aromatic carbocycles. The normalized spacial score (nSPS) is 19.4. The molecule has 0 amide bonds. The summed E-state index contributed by atoms with van der Waals surface area (Å²) in [6.45, 7) is -0.200. The van der Waals surface area contributed by atoms with Crippen LogP contribution in [0.4, 0.5) is 18.3 Å². The quantitative estimate of drug-likeness (QED) is 0.874. The van der Waals surface area contributed by atoms with Gasteiger partial charge >= 0.3 is 6.18 Å². The molecule has 0 unspecified atom stereocenters. The van der Waals surface area contributed by atoms with Crippen LogP contribution in [0.3, 0.4) is 0 Å². The summed E-state index contributed by atoms with van der Waals surface area (Å²) in [5, 5.41) is 3.91. The Hall–Kier alpha value is -0.820. The maximum absolute atomic E-state index is 12.5. The molecule has 1 N–H and O–H groups in total. The van der Waals surface area contributed by atoms with Crippen molar-refractivity contribution < 1.29 is 13.2 Å². The van der Waals surface area contributed by atoms with Gasteiger partial charge < -0.3 is 10.2 Å². The number of hydrogen-bond acceptors (Lipinski definition) is 4. The topological polar surface area (TPSA) is 28.2 Å². The number of nitrogens with one attached hydrogen (secondary N) is 1. The Morgan fingerprint density at radius 1 is 1.30 bits per heavy atom. The Morgan fingerprint density at radius 2 is 2.00 bits per heavy atom. The fourth-order valence-corrected chi connectivity index (χ4v) is 3.23. The van der Waals surface area contributed by atoms with Crippen molar-refractivity contribution >= 4 is 16.5 Å². The van der Waals surface area contributed by atoms with Gasteiger partial charge in [0.1, 0.15) is 6.54 Å². The fourth-order valence-electron chi connectivity index (χ4n) is 2.18. The largest absolute Gasteiger partial charge is 0.405 e. The molecule has 2 aliphatic rings. The molecule has 0 spiro atoms. The minimum Gasteiger partial charge on any atom is -0.342 e. The highest BCUT2D eigenvalue weighted by molar-refractivity contribution is 7.15. The van der Waals surface area contributed by atoms with Crippen LogP contribution in [0.2, 0.25) is 0 Å². The number of anilines is 1. The Balaban J connectivity index is 1.71. The number of halogens is 3. The van der Waals surface area contributed by atoms with Crippen molar-refractivity contribution in [3.8, 4) is 0 Å². The lowest BCUT2D eigenvalue weighted by Crippen LogP contribution is -2.30. The van der Waals surface area contributed by atoms with Crippen molar-refractivity contribution in [2.24, 2.45) is 0 Å². The van der Waals surface area contributed by atoms with Crippen LogP contribution in [-0.4, -0.2) is 30.8 Å². The van der Waals surface area contributed by atoms with E-state index in [1.165, 1.54) is 36.1 Å². The summed E-state index contributed by atoms with van der Waals surface area (Å²) in [6, 6.07) is 0.598. The SMILES string of the molecule is CN(CC(F)(F)F)c1nc(C2CC2)c(CNC2CC2)s1. The zero-order valence-electron chi connectivity index (χ0n) is 11.3. The Morgan fingerprint density at radius 3 is 2.55 bits per heavy atom. The van der Waals surface area contributed by atoms with E-state index in [2.05, 4.69) is 10.3 Å². The number of thiazole rings is 1. The molecule has 2 saturated carbocycles. The third-order valence-electron chi connectivity index (χ3n) is 3.55. The maximum atomic E-state index is 12.5. The molecule has 20 heavy (non-hydrogen) atoms. The number of aromatic nitrogens is 1. The predicted molar refractivity (Wildman–Crippen MR) is 73.3 cm³/mol. The van der Waals surface area contributed by atoms with Crippen LogP contribution in [0.1, 0.15) is 42.2 Å². The lowest BCUT2D eigenvalue weighted by Gasteiger charge is -2.17. The number of nitrogens with zero attached hydrogens (tertiary/aromatic N) is 2. The van der Waals surface area contributed by atoms with Crippen LogP contribution < -0.4 is 10.2 Å². The van der Waals surface area contributed by atoms with E-state index in [4.69, 9.17) is 0 Å². The molecular weight excluding hydrogens is 287 g/mol. The van der Waals surface area contributed by atoms with E-state index in [-0.39, 0.29) is 0 Å². The van der Waals surface area contributed by atoms with Crippen LogP contribution in [0.15, 0.2) is 0 Å². The van der Waals surface area contributed by atoms with E-state index in [1.54, 1.807) is 0 Å². The highest BCUT2D eigenvalue weighted by atomic mass is 32.1. The average Bonchev–Trinajstić information content (AvgIpc) is 3.23. The van der Waals surface area contributed by atoms with E-state index in [1.807, 2.05) is 0 Å². The second-order valence-corrected chi connectivity index (χ2v) is 6.77. The van der Waals surface area contributed by atoms with Crippen molar-refractivity contribution in [3.05, 3.63) is 10.6 Å². The van der Waals surface area contributed by atoms with Gasteiger partial charge in [-0.25, -0.2) is 4.98 Å². The zero-order chi connectivity index (χ0) is 14.3.